The number of aliphatic carboxylic acids is 1. The lowest BCUT2D eigenvalue weighted by Crippen LogP contribution is -2.51. The number of hydrogen-bond acceptors (Lipinski definition) is 5. The standard InChI is InChI=1S/C28H36Cl2N2O3S/c1-2-6-28(25(33)34)8-7-27(35-28)9-11-32(12-10-27)19-26(15-20-3-4-22(29)14-24(20)30)18-31-16-23(26)21-5-13-36-17-21/h3-5,13-14,17,23,31H,2,6-12,15-16,18-19H2,1H3,(H,33,34)/t23-,26+,28?/m1/s1. The first-order valence-corrected chi connectivity index (χ1v) is 14.8. The normalized spacial score (nSPS) is 30.2. The van der Waals surface area contributed by atoms with Crippen LogP contribution in [0.15, 0.2) is 35.0 Å². The van der Waals surface area contributed by atoms with Gasteiger partial charge in [-0.3, -0.25) is 0 Å². The molecule has 1 spiro atoms. The largest absolute Gasteiger partial charge is 0.479 e. The summed E-state index contributed by atoms with van der Waals surface area (Å²) in [5.74, 6) is -0.392. The molecule has 5 nitrogen and oxygen atoms in total. The van der Waals surface area contributed by atoms with Crippen LogP contribution in [0, 0.1) is 5.41 Å². The van der Waals surface area contributed by atoms with Crippen molar-refractivity contribution in [2.24, 2.45) is 5.41 Å². The molecule has 2 aromatic rings. The van der Waals surface area contributed by atoms with Crippen LogP contribution in [0.25, 0.3) is 0 Å². The van der Waals surface area contributed by atoms with Gasteiger partial charge in [-0.05, 0) is 78.6 Å². The van der Waals surface area contributed by atoms with Crippen LogP contribution in [0.5, 0.6) is 0 Å². The minimum Gasteiger partial charge on any atom is -0.479 e. The summed E-state index contributed by atoms with van der Waals surface area (Å²) in [4.78, 5) is 14.7. The van der Waals surface area contributed by atoms with E-state index in [4.69, 9.17) is 27.9 Å². The van der Waals surface area contributed by atoms with Crippen molar-refractivity contribution in [1.29, 1.82) is 0 Å². The minimum atomic E-state index is -0.997. The number of rotatable bonds is 8. The Balaban J connectivity index is 1.34. The molecular weight excluding hydrogens is 515 g/mol. The second kappa shape index (κ2) is 10.5. The highest BCUT2D eigenvalue weighted by Gasteiger charge is 2.54. The summed E-state index contributed by atoms with van der Waals surface area (Å²) in [6, 6.07) is 8.12. The van der Waals surface area contributed by atoms with Gasteiger partial charge in [0.1, 0.15) is 0 Å². The number of nitrogens with zero attached hydrogens (tertiary/aromatic N) is 1. The zero-order valence-electron chi connectivity index (χ0n) is 20.9. The highest BCUT2D eigenvalue weighted by Crippen LogP contribution is 2.48. The lowest BCUT2D eigenvalue weighted by atomic mass is 9.70. The lowest BCUT2D eigenvalue weighted by molar-refractivity contribution is -0.180. The zero-order valence-corrected chi connectivity index (χ0v) is 23.2. The molecule has 3 aliphatic rings. The van der Waals surface area contributed by atoms with Crippen molar-refractivity contribution in [3.05, 3.63) is 56.2 Å². The molecule has 2 N–H and O–H groups in total. The van der Waals surface area contributed by atoms with Crippen LogP contribution >= 0.6 is 34.5 Å². The predicted molar refractivity (Wildman–Crippen MR) is 147 cm³/mol. The van der Waals surface area contributed by atoms with Gasteiger partial charge in [-0.1, -0.05) is 42.6 Å². The minimum absolute atomic E-state index is 0.00656. The molecule has 196 valence electrons. The summed E-state index contributed by atoms with van der Waals surface area (Å²) >= 11 is 14.6. The topological polar surface area (TPSA) is 61.8 Å². The molecule has 3 saturated heterocycles. The summed E-state index contributed by atoms with van der Waals surface area (Å²) < 4.78 is 6.46. The number of benzene rings is 1. The van der Waals surface area contributed by atoms with Crippen LogP contribution in [0.4, 0.5) is 0 Å². The third-order valence-corrected chi connectivity index (χ3v) is 10.1. The summed E-state index contributed by atoms with van der Waals surface area (Å²) in [5, 5.41) is 19.5. The predicted octanol–water partition coefficient (Wildman–Crippen LogP) is 6.24. The molecule has 3 aliphatic heterocycles. The number of ether oxygens (including phenoxy) is 1. The molecule has 3 atom stereocenters. The summed E-state index contributed by atoms with van der Waals surface area (Å²) in [5.41, 5.74) is 1.25. The van der Waals surface area contributed by atoms with Crippen molar-refractivity contribution in [3.63, 3.8) is 0 Å². The Kier molecular flexibility index (Phi) is 7.75. The molecule has 0 radical (unpaired) electrons. The van der Waals surface area contributed by atoms with Gasteiger partial charge < -0.3 is 20.1 Å². The van der Waals surface area contributed by atoms with E-state index >= 15 is 0 Å². The third kappa shape index (κ3) is 5.10. The molecule has 3 fully saturated rings. The Bertz CT molecular complexity index is 1070. The average molecular weight is 552 g/mol. The molecule has 0 amide bonds. The van der Waals surface area contributed by atoms with Crippen molar-refractivity contribution in [3.8, 4) is 0 Å². The molecule has 5 rings (SSSR count). The van der Waals surface area contributed by atoms with Gasteiger partial charge >= 0.3 is 5.97 Å². The highest BCUT2D eigenvalue weighted by molar-refractivity contribution is 7.08. The number of thiophene rings is 1. The van der Waals surface area contributed by atoms with E-state index in [2.05, 4.69) is 33.1 Å². The van der Waals surface area contributed by atoms with E-state index in [-0.39, 0.29) is 11.0 Å². The Hall–Kier alpha value is -1.15. The maximum absolute atomic E-state index is 12.1. The van der Waals surface area contributed by atoms with Crippen molar-refractivity contribution in [1.82, 2.24) is 10.2 Å². The molecule has 1 aromatic carbocycles. The number of carboxylic acid groups (broad SMARTS) is 1. The van der Waals surface area contributed by atoms with Gasteiger partial charge in [0.2, 0.25) is 0 Å². The van der Waals surface area contributed by atoms with Crippen LogP contribution in [-0.2, 0) is 16.0 Å². The number of nitrogens with one attached hydrogen (secondary N) is 1. The molecule has 0 aliphatic carbocycles. The fourth-order valence-corrected chi connectivity index (χ4v) is 8.09. The molecule has 0 saturated carbocycles. The second-order valence-corrected chi connectivity index (χ2v) is 12.7. The van der Waals surface area contributed by atoms with Crippen LogP contribution in [-0.4, -0.2) is 59.9 Å². The van der Waals surface area contributed by atoms with Crippen LogP contribution < -0.4 is 5.32 Å². The average Bonchev–Trinajstić information content (AvgIpc) is 3.58. The Morgan fingerprint density at radius 3 is 2.69 bits per heavy atom. The number of halogens is 2. The van der Waals surface area contributed by atoms with Crippen molar-refractivity contribution >= 4 is 40.5 Å². The second-order valence-electron chi connectivity index (χ2n) is 11.1. The van der Waals surface area contributed by atoms with Gasteiger partial charge in [0.25, 0.3) is 0 Å². The fourth-order valence-electron chi connectivity index (χ4n) is 6.90. The van der Waals surface area contributed by atoms with E-state index in [1.165, 1.54) is 5.56 Å². The zero-order chi connectivity index (χ0) is 25.4. The maximum atomic E-state index is 12.1. The van der Waals surface area contributed by atoms with Crippen LogP contribution in [0.1, 0.15) is 62.5 Å². The van der Waals surface area contributed by atoms with E-state index < -0.39 is 11.6 Å². The summed E-state index contributed by atoms with van der Waals surface area (Å²) in [6.07, 6.45) is 5.54. The number of hydrogen-bond donors (Lipinski definition) is 2. The SMILES string of the molecule is CCCC1(C(=O)O)CCC2(CCN(C[C@]3(Cc4ccc(Cl)cc4Cl)CNC[C@@H]3c3ccsc3)CC2)O1. The molecule has 1 aromatic heterocycles. The first-order chi connectivity index (χ1) is 17.3. The van der Waals surface area contributed by atoms with E-state index in [0.29, 0.717) is 23.8 Å². The smallest absolute Gasteiger partial charge is 0.335 e. The first kappa shape index (κ1) is 26.5. The monoisotopic (exact) mass is 550 g/mol. The Morgan fingerprint density at radius 1 is 1.22 bits per heavy atom. The third-order valence-electron chi connectivity index (χ3n) is 8.81. The van der Waals surface area contributed by atoms with E-state index in [1.54, 1.807) is 11.3 Å². The fraction of sp³-hybridized carbons (Fsp3) is 0.607. The van der Waals surface area contributed by atoms with Gasteiger partial charge in [0.15, 0.2) is 5.60 Å². The number of carboxylic acids is 1. The van der Waals surface area contributed by atoms with Gasteiger partial charge in [0, 0.05) is 54.1 Å². The molecule has 1 unspecified atom stereocenters. The van der Waals surface area contributed by atoms with Gasteiger partial charge in [-0.25, -0.2) is 4.79 Å². The molecule has 0 bridgehead atoms. The molecular formula is C28H36Cl2N2O3S. The number of piperidine rings is 1. The van der Waals surface area contributed by atoms with Gasteiger partial charge in [0.05, 0.1) is 5.60 Å². The maximum Gasteiger partial charge on any atom is 0.335 e. The van der Waals surface area contributed by atoms with Gasteiger partial charge in [-0.2, -0.15) is 11.3 Å². The quantitative estimate of drug-likeness (QED) is 0.407. The number of carbonyl (C=O) groups is 1. The summed E-state index contributed by atoms with van der Waals surface area (Å²) in [6.45, 7) is 6.74. The van der Waals surface area contributed by atoms with Gasteiger partial charge in [-0.15, -0.1) is 0 Å². The van der Waals surface area contributed by atoms with E-state index in [0.717, 1.165) is 75.4 Å². The van der Waals surface area contributed by atoms with Crippen molar-refractivity contribution < 1.29 is 14.6 Å². The Morgan fingerprint density at radius 2 is 2.03 bits per heavy atom. The van der Waals surface area contributed by atoms with Crippen LogP contribution in [0.2, 0.25) is 10.0 Å². The van der Waals surface area contributed by atoms with Crippen molar-refractivity contribution in [2.75, 3.05) is 32.7 Å². The summed E-state index contributed by atoms with van der Waals surface area (Å²) in [7, 11) is 0. The molecule has 36 heavy (non-hydrogen) atoms. The van der Waals surface area contributed by atoms with Crippen molar-refractivity contribution in [2.45, 2.75) is 69.0 Å². The van der Waals surface area contributed by atoms with E-state index in [9.17, 15) is 9.90 Å². The first-order valence-electron chi connectivity index (χ1n) is 13.1. The van der Waals surface area contributed by atoms with E-state index in [1.807, 2.05) is 19.1 Å². The van der Waals surface area contributed by atoms with Crippen LogP contribution in [0.3, 0.4) is 0 Å². The Labute approximate surface area is 228 Å². The number of likely N-dealkylation sites (tertiary alicyclic amines) is 1. The lowest BCUT2D eigenvalue weighted by Gasteiger charge is -2.45. The molecule has 4 heterocycles. The molecule has 8 heteroatoms. The highest BCUT2D eigenvalue weighted by atomic mass is 35.5.